The number of hydrogen-bond acceptors (Lipinski definition) is 2. The van der Waals surface area contributed by atoms with Gasteiger partial charge in [0.2, 0.25) is 0 Å². The van der Waals surface area contributed by atoms with E-state index in [0.717, 1.165) is 18.9 Å². The lowest BCUT2D eigenvalue weighted by atomic mass is 10.1. The average molecular weight is 390 g/mol. The summed E-state index contributed by atoms with van der Waals surface area (Å²) >= 11 is 0. The molecule has 0 saturated carbocycles. The van der Waals surface area contributed by atoms with E-state index >= 15 is 0 Å². The fourth-order valence-corrected chi connectivity index (χ4v) is 3.54. The van der Waals surface area contributed by atoms with Crippen LogP contribution in [0.25, 0.3) is 0 Å². The Morgan fingerprint density at radius 2 is 1.18 bits per heavy atom. The van der Waals surface area contributed by atoms with Gasteiger partial charge < -0.3 is 4.74 Å². The highest BCUT2D eigenvalue weighted by Crippen LogP contribution is 2.19. The largest absolute Gasteiger partial charge is 0.478 e. The van der Waals surface area contributed by atoms with Crippen LogP contribution in [0.5, 0.6) is 0 Å². The zero-order valence-corrected chi connectivity index (χ0v) is 19.2. The Labute approximate surface area is 175 Å². The van der Waals surface area contributed by atoms with Gasteiger partial charge in [-0.2, -0.15) is 0 Å². The van der Waals surface area contributed by atoms with E-state index < -0.39 is 0 Å². The van der Waals surface area contributed by atoms with Gasteiger partial charge in [-0.15, -0.1) is 0 Å². The molecule has 2 heteroatoms. The van der Waals surface area contributed by atoms with Crippen LogP contribution >= 0.6 is 0 Å². The van der Waals surface area contributed by atoms with Crippen LogP contribution in [0.3, 0.4) is 0 Å². The summed E-state index contributed by atoms with van der Waals surface area (Å²) in [7, 11) is 0. The third kappa shape index (κ3) is 14.9. The fourth-order valence-electron chi connectivity index (χ4n) is 3.54. The third-order valence-corrected chi connectivity index (χ3v) is 5.33. The van der Waals surface area contributed by atoms with Gasteiger partial charge in [-0.25, -0.2) is 4.99 Å². The normalized spacial score (nSPS) is 16.2. The maximum absolute atomic E-state index is 5.64. The van der Waals surface area contributed by atoms with Crippen molar-refractivity contribution in [2.75, 3.05) is 6.61 Å². The number of allylic oxidation sites excluding steroid dienone is 4. The summed E-state index contributed by atoms with van der Waals surface area (Å²) in [6.45, 7) is 7.30. The zero-order valence-electron chi connectivity index (χ0n) is 19.2. The van der Waals surface area contributed by atoms with Crippen LogP contribution in [0.2, 0.25) is 0 Å². The van der Waals surface area contributed by atoms with Crippen LogP contribution in [0.1, 0.15) is 124 Å². The number of nitrogens with zero attached hydrogens (tertiary/aromatic N) is 1. The molecule has 0 aliphatic carbocycles. The summed E-state index contributed by atoms with van der Waals surface area (Å²) < 4.78 is 5.64. The highest BCUT2D eigenvalue weighted by atomic mass is 16.5. The van der Waals surface area contributed by atoms with Gasteiger partial charge in [0, 0.05) is 6.42 Å². The van der Waals surface area contributed by atoms with E-state index in [0.29, 0.717) is 0 Å². The van der Waals surface area contributed by atoms with E-state index in [1.54, 1.807) is 0 Å². The average Bonchev–Trinajstić information content (AvgIpc) is 3.02. The van der Waals surface area contributed by atoms with Crippen molar-refractivity contribution in [1.29, 1.82) is 0 Å². The highest BCUT2D eigenvalue weighted by molar-refractivity contribution is 5.78. The molecule has 1 aliphatic rings. The molecule has 0 amide bonds. The van der Waals surface area contributed by atoms with E-state index in [4.69, 9.17) is 4.74 Å². The SMILES string of the molecule is CCCCCC/C=C\CCCCCC/C=C\CCCCCC1=NC(C)(C)CO1. The molecule has 0 saturated heterocycles. The lowest BCUT2D eigenvalue weighted by molar-refractivity contribution is 0.273. The number of ether oxygens (including phenoxy) is 1. The second-order valence-electron chi connectivity index (χ2n) is 8.99. The van der Waals surface area contributed by atoms with Crippen molar-refractivity contribution < 1.29 is 4.74 Å². The Morgan fingerprint density at radius 3 is 1.61 bits per heavy atom. The molecule has 0 unspecified atom stereocenters. The van der Waals surface area contributed by atoms with Gasteiger partial charge >= 0.3 is 0 Å². The smallest absolute Gasteiger partial charge is 0.183 e. The van der Waals surface area contributed by atoms with Gasteiger partial charge in [0.05, 0.1) is 5.54 Å². The first-order valence-electron chi connectivity index (χ1n) is 12.2. The monoisotopic (exact) mass is 389 g/mol. The number of rotatable bonds is 18. The van der Waals surface area contributed by atoms with Gasteiger partial charge in [-0.05, 0) is 71.6 Å². The molecule has 0 atom stereocenters. The second kappa shape index (κ2) is 16.9. The molecule has 1 aliphatic heterocycles. The first kappa shape index (κ1) is 25.0. The van der Waals surface area contributed by atoms with Crippen LogP contribution in [-0.4, -0.2) is 18.0 Å². The fraction of sp³-hybridized carbons (Fsp3) is 0.808. The molecule has 0 aromatic heterocycles. The molecule has 0 radical (unpaired) electrons. The number of aliphatic imine (C=N–C) groups is 1. The Morgan fingerprint density at radius 1 is 0.714 bits per heavy atom. The van der Waals surface area contributed by atoms with Crippen molar-refractivity contribution in [3.63, 3.8) is 0 Å². The maximum atomic E-state index is 5.64. The van der Waals surface area contributed by atoms with Gasteiger partial charge in [0.15, 0.2) is 5.90 Å². The number of unbranched alkanes of at least 4 members (excludes halogenated alkanes) is 12. The zero-order chi connectivity index (χ0) is 20.3. The lowest BCUT2D eigenvalue weighted by Crippen LogP contribution is -2.17. The van der Waals surface area contributed by atoms with Gasteiger partial charge in [-0.3, -0.25) is 0 Å². The molecule has 162 valence electrons. The summed E-state index contributed by atoms with van der Waals surface area (Å²) in [5, 5.41) is 0. The summed E-state index contributed by atoms with van der Waals surface area (Å²) in [5.41, 5.74) is 0.00264. The molecular weight excluding hydrogens is 342 g/mol. The molecule has 0 spiro atoms. The Bertz CT molecular complexity index is 447. The lowest BCUT2D eigenvalue weighted by Gasteiger charge is -2.07. The van der Waals surface area contributed by atoms with E-state index in [1.165, 1.54) is 96.3 Å². The van der Waals surface area contributed by atoms with E-state index in [1.807, 2.05) is 0 Å². The highest BCUT2D eigenvalue weighted by Gasteiger charge is 2.25. The second-order valence-corrected chi connectivity index (χ2v) is 8.99. The predicted octanol–water partition coefficient (Wildman–Crippen LogP) is 8.57. The number of hydrogen-bond donors (Lipinski definition) is 0. The van der Waals surface area contributed by atoms with E-state index in [9.17, 15) is 0 Å². The molecule has 1 rings (SSSR count). The standard InChI is InChI=1S/C26H47NO/c1-4-5-6-7-8-9-10-11-12-13-14-15-16-17-18-19-20-21-22-23-25-27-26(2,3)24-28-25/h9-10,17-18H,4-8,11-16,19-24H2,1-3H3/b10-9-,18-17-. The Hall–Kier alpha value is -1.05. The maximum Gasteiger partial charge on any atom is 0.183 e. The van der Waals surface area contributed by atoms with E-state index in [-0.39, 0.29) is 5.54 Å². The quantitative estimate of drug-likeness (QED) is 0.170. The van der Waals surface area contributed by atoms with Crippen molar-refractivity contribution in [3.05, 3.63) is 24.3 Å². The van der Waals surface area contributed by atoms with Crippen LogP contribution in [0.15, 0.2) is 29.3 Å². The van der Waals surface area contributed by atoms with Gasteiger partial charge in [0.25, 0.3) is 0 Å². The van der Waals surface area contributed by atoms with Crippen LogP contribution in [0, 0.1) is 0 Å². The van der Waals surface area contributed by atoms with Crippen molar-refractivity contribution in [2.45, 2.75) is 129 Å². The van der Waals surface area contributed by atoms with Gasteiger partial charge in [-0.1, -0.05) is 69.8 Å². The minimum absolute atomic E-state index is 0.00264. The molecule has 2 nitrogen and oxygen atoms in total. The first-order chi connectivity index (χ1) is 13.6. The van der Waals surface area contributed by atoms with Crippen molar-refractivity contribution in [1.82, 2.24) is 0 Å². The Balaban J connectivity index is 1.78. The molecule has 0 fully saturated rings. The minimum atomic E-state index is 0.00264. The molecule has 1 heterocycles. The van der Waals surface area contributed by atoms with Crippen molar-refractivity contribution >= 4 is 5.90 Å². The minimum Gasteiger partial charge on any atom is -0.478 e. The predicted molar refractivity (Wildman–Crippen MR) is 125 cm³/mol. The third-order valence-electron chi connectivity index (χ3n) is 5.33. The molecule has 0 aromatic rings. The molecule has 28 heavy (non-hydrogen) atoms. The van der Waals surface area contributed by atoms with E-state index in [2.05, 4.69) is 50.1 Å². The van der Waals surface area contributed by atoms with Gasteiger partial charge in [0.1, 0.15) is 6.61 Å². The summed E-state index contributed by atoms with van der Waals surface area (Å²) in [5.74, 6) is 0.975. The first-order valence-corrected chi connectivity index (χ1v) is 12.2. The van der Waals surface area contributed by atoms with Crippen LogP contribution < -0.4 is 0 Å². The Kier molecular flexibility index (Phi) is 15.0. The molecule has 0 N–H and O–H groups in total. The summed E-state index contributed by atoms with van der Waals surface area (Å²) in [6.07, 6.45) is 30.4. The topological polar surface area (TPSA) is 21.6 Å². The van der Waals surface area contributed by atoms with Crippen LogP contribution in [0.4, 0.5) is 0 Å². The molecule has 0 bridgehead atoms. The molecular formula is C26H47NO. The van der Waals surface area contributed by atoms with Crippen molar-refractivity contribution in [3.8, 4) is 0 Å². The van der Waals surface area contributed by atoms with Crippen LogP contribution in [-0.2, 0) is 4.74 Å². The molecule has 0 aromatic carbocycles. The summed E-state index contributed by atoms with van der Waals surface area (Å²) in [4.78, 5) is 4.61. The van der Waals surface area contributed by atoms with Crippen molar-refractivity contribution in [2.24, 2.45) is 4.99 Å². The summed E-state index contributed by atoms with van der Waals surface area (Å²) in [6, 6.07) is 0.